The number of rotatable bonds is 4. The van der Waals surface area contributed by atoms with E-state index in [4.69, 9.17) is 5.73 Å². The van der Waals surface area contributed by atoms with Crippen molar-refractivity contribution in [3.63, 3.8) is 0 Å². The number of hydrogen-bond donors (Lipinski definition) is 2. The van der Waals surface area contributed by atoms with Gasteiger partial charge in [-0.25, -0.2) is 4.39 Å². The van der Waals surface area contributed by atoms with Crippen LogP contribution in [0.1, 0.15) is 24.8 Å². The fraction of sp³-hybridized carbons (Fsp3) is 0.375. The second kappa shape index (κ2) is 5.27. The van der Waals surface area contributed by atoms with E-state index in [9.17, 15) is 9.50 Å². The summed E-state index contributed by atoms with van der Waals surface area (Å²) < 4.78 is 14.7. The van der Waals surface area contributed by atoms with Gasteiger partial charge in [-0.2, -0.15) is 0 Å². The maximum atomic E-state index is 14.7. The molecule has 2 nitrogen and oxygen atoms in total. The molecule has 2 rings (SSSR count). The molecule has 0 saturated carbocycles. The van der Waals surface area contributed by atoms with Crippen LogP contribution in [0.25, 0.3) is 0 Å². The molecule has 3 heteroatoms. The Balaban J connectivity index is 2.19. The first-order valence-electron chi connectivity index (χ1n) is 6.53. The van der Waals surface area contributed by atoms with E-state index in [1.54, 1.807) is 12.2 Å². The standard InChI is InChI=1S/C16H20FNO/c1-15(19,11-12-18)16(17)9-7-14(8-10-16)13-5-3-2-4-6-13/h2-10,14,19H,11-12,18H2,1H3. The molecule has 0 saturated heterocycles. The molecule has 0 fully saturated rings. The minimum atomic E-state index is -1.85. The van der Waals surface area contributed by atoms with E-state index in [-0.39, 0.29) is 18.9 Å². The Bertz CT molecular complexity index is 465. The van der Waals surface area contributed by atoms with Gasteiger partial charge >= 0.3 is 0 Å². The van der Waals surface area contributed by atoms with Gasteiger partial charge in [0.2, 0.25) is 0 Å². The monoisotopic (exact) mass is 261 g/mol. The van der Waals surface area contributed by atoms with Gasteiger partial charge in [0.25, 0.3) is 0 Å². The number of hydrogen-bond acceptors (Lipinski definition) is 2. The minimum Gasteiger partial charge on any atom is -0.386 e. The molecule has 0 bridgehead atoms. The largest absolute Gasteiger partial charge is 0.386 e. The van der Waals surface area contributed by atoms with Crippen LogP contribution in [-0.4, -0.2) is 22.9 Å². The highest BCUT2D eigenvalue weighted by atomic mass is 19.1. The number of alkyl halides is 1. The van der Waals surface area contributed by atoms with Crippen LogP contribution in [0.2, 0.25) is 0 Å². The number of allylic oxidation sites excluding steroid dienone is 2. The van der Waals surface area contributed by atoms with Crippen LogP contribution in [0.15, 0.2) is 54.6 Å². The Labute approximate surface area is 113 Å². The molecule has 0 spiro atoms. The Morgan fingerprint density at radius 2 is 1.84 bits per heavy atom. The second-order valence-corrected chi connectivity index (χ2v) is 5.24. The van der Waals surface area contributed by atoms with E-state index in [0.717, 1.165) is 5.56 Å². The molecule has 1 aliphatic rings. The van der Waals surface area contributed by atoms with Gasteiger partial charge in [-0.1, -0.05) is 42.5 Å². The van der Waals surface area contributed by atoms with Gasteiger partial charge in [0.1, 0.15) is 5.60 Å². The van der Waals surface area contributed by atoms with Gasteiger partial charge in [-0.3, -0.25) is 0 Å². The van der Waals surface area contributed by atoms with E-state index in [2.05, 4.69) is 0 Å². The van der Waals surface area contributed by atoms with E-state index in [1.165, 1.54) is 19.1 Å². The molecular formula is C16H20FNO. The Morgan fingerprint density at radius 1 is 1.26 bits per heavy atom. The topological polar surface area (TPSA) is 46.2 Å². The van der Waals surface area contributed by atoms with Crippen LogP contribution in [0.4, 0.5) is 4.39 Å². The molecule has 102 valence electrons. The summed E-state index contributed by atoms with van der Waals surface area (Å²) in [7, 11) is 0. The zero-order valence-corrected chi connectivity index (χ0v) is 11.1. The van der Waals surface area contributed by atoms with Gasteiger partial charge in [-0.15, -0.1) is 0 Å². The fourth-order valence-electron chi connectivity index (χ4n) is 2.34. The summed E-state index contributed by atoms with van der Waals surface area (Å²) in [6.07, 6.45) is 6.69. The first-order chi connectivity index (χ1) is 8.98. The highest BCUT2D eigenvalue weighted by Gasteiger charge is 2.44. The molecular weight excluding hydrogens is 241 g/mol. The van der Waals surface area contributed by atoms with Crippen LogP contribution in [0.3, 0.4) is 0 Å². The van der Waals surface area contributed by atoms with Crippen molar-refractivity contribution in [1.29, 1.82) is 0 Å². The van der Waals surface area contributed by atoms with Gasteiger partial charge in [0.05, 0.1) is 0 Å². The molecule has 1 aromatic rings. The maximum Gasteiger partial charge on any atom is 0.175 e. The summed E-state index contributed by atoms with van der Waals surface area (Å²) >= 11 is 0. The smallest absolute Gasteiger partial charge is 0.175 e. The Hall–Kier alpha value is -1.45. The van der Waals surface area contributed by atoms with Gasteiger partial charge in [-0.05, 0) is 37.6 Å². The van der Waals surface area contributed by atoms with Gasteiger partial charge in [0.15, 0.2) is 5.67 Å². The summed E-state index contributed by atoms with van der Waals surface area (Å²) in [5.41, 5.74) is 3.21. The van der Waals surface area contributed by atoms with Crippen molar-refractivity contribution in [3.8, 4) is 0 Å². The SMILES string of the molecule is CC(O)(CCN)C1(F)C=CC(c2ccccc2)C=C1. The van der Waals surface area contributed by atoms with Crippen molar-refractivity contribution in [1.82, 2.24) is 0 Å². The van der Waals surface area contributed by atoms with E-state index >= 15 is 0 Å². The number of benzene rings is 1. The lowest BCUT2D eigenvalue weighted by Crippen LogP contribution is -2.48. The van der Waals surface area contributed by atoms with E-state index < -0.39 is 11.3 Å². The van der Waals surface area contributed by atoms with E-state index in [1.807, 2.05) is 30.3 Å². The van der Waals surface area contributed by atoms with Crippen LogP contribution in [0.5, 0.6) is 0 Å². The molecule has 0 radical (unpaired) electrons. The van der Waals surface area contributed by atoms with Crippen molar-refractivity contribution in [2.24, 2.45) is 5.73 Å². The molecule has 0 heterocycles. The van der Waals surface area contributed by atoms with Crippen molar-refractivity contribution in [2.45, 2.75) is 30.5 Å². The summed E-state index contributed by atoms with van der Waals surface area (Å²) in [5.74, 6) is 0.0544. The number of halogens is 1. The van der Waals surface area contributed by atoms with Crippen LogP contribution in [-0.2, 0) is 0 Å². The van der Waals surface area contributed by atoms with Crippen molar-refractivity contribution in [3.05, 3.63) is 60.2 Å². The van der Waals surface area contributed by atoms with Gasteiger partial charge < -0.3 is 10.8 Å². The second-order valence-electron chi connectivity index (χ2n) is 5.24. The van der Waals surface area contributed by atoms with Crippen molar-refractivity contribution >= 4 is 0 Å². The summed E-state index contributed by atoms with van der Waals surface area (Å²) in [6.45, 7) is 1.74. The summed E-state index contributed by atoms with van der Waals surface area (Å²) in [4.78, 5) is 0. The Morgan fingerprint density at radius 3 is 2.37 bits per heavy atom. The lowest BCUT2D eigenvalue weighted by Gasteiger charge is -2.36. The third-order valence-electron chi connectivity index (χ3n) is 3.73. The summed E-state index contributed by atoms with van der Waals surface area (Å²) in [6, 6.07) is 9.87. The molecule has 1 aliphatic carbocycles. The molecule has 1 atom stereocenters. The number of aliphatic hydroxyl groups is 1. The predicted octanol–water partition coefficient (Wildman–Crippen LogP) is 2.70. The molecule has 1 unspecified atom stereocenters. The fourth-order valence-corrected chi connectivity index (χ4v) is 2.34. The van der Waals surface area contributed by atoms with Crippen molar-refractivity contribution in [2.75, 3.05) is 6.54 Å². The highest BCUT2D eigenvalue weighted by molar-refractivity contribution is 5.37. The average Bonchev–Trinajstić information content (AvgIpc) is 2.40. The minimum absolute atomic E-state index is 0.0544. The van der Waals surface area contributed by atoms with Crippen LogP contribution >= 0.6 is 0 Å². The third-order valence-corrected chi connectivity index (χ3v) is 3.73. The zero-order valence-electron chi connectivity index (χ0n) is 11.1. The first-order valence-corrected chi connectivity index (χ1v) is 6.53. The molecule has 0 aromatic heterocycles. The number of nitrogens with two attached hydrogens (primary N) is 1. The van der Waals surface area contributed by atoms with Gasteiger partial charge in [0, 0.05) is 5.92 Å². The zero-order chi connectivity index (χ0) is 13.9. The molecule has 0 aliphatic heterocycles. The highest BCUT2D eigenvalue weighted by Crippen LogP contribution is 2.37. The lowest BCUT2D eigenvalue weighted by molar-refractivity contribution is -0.0435. The molecule has 1 aromatic carbocycles. The molecule has 3 N–H and O–H groups in total. The predicted molar refractivity (Wildman–Crippen MR) is 75.6 cm³/mol. The van der Waals surface area contributed by atoms with Crippen LogP contribution in [0, 0.1) is 0 Å². The average molecular weight is 261 g/mol. The summed E-state index contributed by atoms with van der Waals surface area (Å²) in [5, 5.41) is 10.2. The first kappa shape index (κ1) is 14.0. The maximum absolute atomic E-state index is 14.7. The quantitative estimate of drug-likeness (QED) is 0.819. The third kappa shape index (κ3) is 2.77. The normalized spacial score (nSPS) is 29.2. The molecule has 0 amide bonds. The molecule has 19 heavy (non-hydrogen) atoms. The van der Waals surface area contributed by atoms with Crippen molar-refractivity contribution < 1.29 is 9.50 Å². The lowest BCUT2D eigenvalue weighted by atomic mass is 9.78. The Kier molecular flexibility index (Phi) is 3.88. The van der Waals surface area contributed by atoms with Crippen LogP contribution < -0.4 is 5.73 Å². The van der Waals surface area contributed by atoms with E-state index in [0.29, 0.717) is 0 Å².